The third-order valence-electron chi connectivity index (χ3n) is 2.27. The normalized spacial score (nSPS) is 11.5. The van der Waals surface area contributed by atoms with Crippen LogP contribution >= 0.6 is 7.60 Å². The molecule has 0 aliphatic heterocycles. The van der Waals surface area contributed by atoms with E-state index in [0.29, 0.717) is 32.4 Å². The molecule has 0 aliphatic rings. The molecular weight excluding hydrogens is 255 g/mol. The van der Waals surface area contributed by atoms with Crippen LogP contribution < -0.4 is 0 Å². The van der Waals surface area contributed by atoms with E-state index in [1.165, 1.54) is 0 Å². The molecular formula is C12H25O5P. The number of rotatable bonds is 11. The van der Waals surface area contributed by atoms with Gasteiger partial charge in [0, 0.05) is 6.42 Å². The van der Waals surface area contributed by atoms with Gasteiger partial charge in [0.15, 0.2) is 0 Å². The van der Waals surface area contributed by atoms with Crippen LogP contribution in [0.25, 0.3) is 0 Å². The van der Waals surface area contributed by atoms with Gasteiger partial charge >= 0.3 is 13.6 Å². The Morgan fingerprint density at radius 2 is 1.56 bits per heavy atom. The average Bonchev–Trinajstić information content (AvgIpc) is 2.29. The van der Waals surface area contributed by atoms with E-state index in [1.54, 1.807) is 20.8 Å². The van der Waals surface area contributed by atoms with Gasteiger partial charge in [-0.1, -0.05) is 6.42 Å². The van der Waals surface area contributed by atoms with Crippen LogP contribution in [0.15, 0.2) is 0 Å². The van der Waals surface area contributed by atoms with Gasteiger partial charge in [-0.2, -0.15) is 0 Å². The Morgan fingerprint density at radius 1 is 0.944 bits per heavy atom. The van der Waals surface area contributed by atoms with Gasteiger partial charge in [-0.3, -0.25) is 9.36 Å². The van der Waals surface area contributed by atoms with Crippen LogP contribution in [0.4, 0.5) is 0 Å². The predicted octanol–water partition coefficient (Wildman–Crippen LogP) is 3.38. The smallest absolute Gasteiger partial charge is 0.330 e. The summed E-state index contributed by atoms with van der Waals surface area (Å²) in [5, 5.41) is 0. The highest BCUT2D eigenvalue weighted by Gasteiger charge is 2.22. The van der Waals surface area contributed by atoms with Crippen molar-refractivity contribution in [1.82, 2.24) is 0 Å². The molecule has 0 spiro atoms. The van der Waals surface area contributed by atoms with Crippen LogP contribution in [0.1, 0.15) is 46.5 Å². The Kier molecular flexibility index (Phi) is 10.3. The molecule has 0 aromatic rings. The van der Waals surface area contributed by atoms with Crippen molar-refractivity contribution in [1.29, 1.82) is 0 Å². The second kappa shape index (κ2) is 10.5. The van der Waals surface area contributed by atoms with Crippen molar-refractivity contribution in [3.05, 3.63) is 0 Å². The minimum Gasteiger partial charge on any atom is -0.466 e. The molecule has 0 radical (unpaired) electrons. The predicted molar refractivity (Wildman–Crippen MR) is 70.8 cm³/mol. The third-order valence-corrected chi connectivity index (χ3v) is 4.44. The highest BCUT2D eigenvalue weighted by atomic mass is 31.2. The van der Waals surface area contributed by atoms with Crippen molar-refractivity contribution in [2.75, 3.05) is 26.0 Å². The number of hydrogen-bond donors (Lipinski definition) is 0. The number of unbranched alkanes of at least 4 members (excludes halogenated alkanes) is 2. The van der Waals surface area contributed by atoms with Gasteiger partial charge in [-0.15, -0.1) is 0 Å². The van der Waals surface area contributed by atoms with Crippen molar-refractivity contribution in [3.8, 4) is 0 Å². The number of ether oxygens (including phenoxy) is 1. The van der Waals surface area contributed by atoms with E-state index >= 15 is 0 Å². The van der Waals surface area contributed by atoms with Crippen molar-refractivity contribution >= 4 is 13.6 Å². The maximum atomic E-state index is 12.1. The molecule has 0 N–H and O–H groups in total. The second-order valence-electron chi connectivity index (χ2n) is 3.79. The van der Waals surface area contributed by atoms with Crippen LogP contribution in [0.2, 0.25) is 0 Å². The highest BCUT2D eigenvalue weighted by Crippen LogP contribution is 2.48. The van der Waals surface area contributed by atoms with Crippen LogP contribution in [-0.2, 0) is 23.1 Å². The molecule has 0 atom stereocenters. The molecule has 0 heterocycles. The van der Waals surface area contributed by atoms with Gasteiger partial charge in [0.25, 0.3) is 0 Å². The molecule has 0 amide bonds. The first kappa shape index (κ1) is 17.6. The first-order valence-corrected chi connectivity index (χ1v) is 8.34. The van der Waals surface area contributed by atoms with Crippen molar-refractivity contribution in [2.45, 2.75) is 46.5 Å². The molecule has 0 saturated carbocycles. The second-order valence-corrected chi connectivity index (χ2v) is 5.97. The lowest BCUT2D eigenvalue weighted by Crippen LogP contribution is -2.04. The first-order valence-electron chi connectivity index (χ1n) is 6.61. The van der Waals surface area contributed by atoms with Crippen LogP contribution in [0.5, 0.6) is 0 Å². The van der Waals surface area contributed by atoms with Gasteiger partial charge in [-0.05, 0) is 33.6 Å². The third kappa shape index (κ3) is 8.67. The molecule has 0 unspecified atom stereocenters. The quantitative estimate of drug-likeness (QED) is 0.330. The number of esters is 1. The van der Waals surface area contributed by atoms with Gasteiger partial charge in [0.2, 0.25) is 0 Å². The number of carbonyl (C=O) groups excluding carboxylic acids is 1. The molecule has 5 nitrogen and oxygen atoms in total. The molecule has 0 aromatic heterocycles. The van der Waals surface area contributed by atoms with Gasteiger partial charge in [0.1, 0.15) is 0 Å². The maximum Gasteiger partial charge on any atom is 0.330 e. The zero-order chi connectivity index (χ0) is 13.9. The summed E-state index contributed by atoms with van der Waals surface area (Å²) in [6.45, 7) is 6.58. The number of carbonyl (C=O) groups is 1. The molecule has 0 aliphatic carbocycles. The van der Waals surface area contributed by atoms with Crippen LogP contribution in [0.3, 0.4) is 0 Å². The van der Waals surface area contributed by atoms with E-state index in [9.17, 15) is 9.36 Å². The molecule has 18 heavy (non-hydrogen) atoms. The molecule has 0 rings (SSSR count). The summed E-state index contributed by atoms with van der Waals surface area (Å²) in [6.07, 6.45) is 3.13. The van der Waals surface area contributed by atoms with E-state index in [0.717, 1.165) is 19.3 Å². The molecule has 0 fully saturated rings. The Labute approximate surface area is 110 Å². The largest absolute Gasteiger partial charge is 0.466 e. The monoisotopic (exact) mass is 280 g/mol. The topological polar surface area (TPSA) is 61.8 Å². The molecule has 0 saturated heterocycles. The summed E-state index contributed by atoms with van der Waals surface area (Å²) < 4.78 is 27.3. The Hall–Kier alpha value is -0.380. The summed E-state index contributed by atoms with van der Waals surface area (Å²) in [7, 11) is -2.91. The van der Waals surface area contributed by atoms with E-state index in [1.807, 2.05) is 0 Å². The fourth-order valence-corrected chi connectivity index (χ4v) is 3.27. The minimum absolute atomic E-state index is 0.171. The lowest BCUT2D eigenvalue weighted by Gasteiger charge is -2.16. The van der Waals surface area contributed by atoms with E-state index in [2.05, 4.69) is 0 Å². The van der Waals surface area contributed by atoms with Gasteiger partial charge < -0.3 is 13.8 Å². The fourth-order valence-electron chi connectivity index (χ4n) is 1.54. The standard InChI is InChI=1S/C12H25O5P/c1-4-15-12(13)10-8-7-9-11-18(14,16-5-2)17-6-3/h4-11H2,1-3H3. The van der Waals surface area contributed by atoms with E-state index in [-0.39, 0.29) is 5.97 Å². The van der Waals surface area contributed by atoms with Crippen molar-refractivity contribution in [2.24, 2.45) is 0 Å². The Balaban J connectivity index is 3.73. The fraction of sp³-hybridized carbons (Fsp3) is 0.917. The summed E-state index contributed by atoms with van der Waals surface area (Å²) >= 11 is 0. The summed E-state index contributed by atoms with van der Waals surface area (Å²) in [5.41, 5.74) is 0. The van der Waals surface area contributed by atoms with Crippen LogP contribution in [-0.4, -0.2) is 32.0 Å². The van der Waals surface area contributed by atoms with Crippen molar-refractivity contribution < 1.29 is 23.1 Å². The Morgan fingerprint density at radius 3 is 2.06 bits per heavy atom. The van der Waals surface area contributed by atoms with Gasteiger partial charge in [-0.25, -0.2) is 0 Å². The first-order chi connectivity index (χ1) is 8.58. The molecule has 0 aromatic carbocycles. The number of hydrogen-bond acceptors (Lipinski definition) is 5. The van der Waals surface area contributed by atoms with E-state index < -0.39 is 7.60 Å². The molecule has 0 bridgehead atoms. The summed E-state index contributed by atoms with van der Waals surface area (Å²) in [6, 6.07) is 0. The maximum absolute atomic E-state index is 12.1. The zero-order valence-electron chi connectivity index (χ0n) is 11.6. The zero-order valence-corrected chi connectivity index (χ0v) is 12.5. The molecule has 6 heteroatoms. The average molecular weight is 280 g/mol. The Bertz CT molecular complexity index is 257. The lowest BCUT2D eigenvalue weighted by molar-refractivity contribution is -0.143. The van der Waals surface area contributed by atoms with Crippen LogP contribution in [0, 0.1) is 0 Å². The summed E-state index contributed by atoms with van der Waals surface area (Å²) in [4.78, 5) is 11.1. The lowest BCUT2D eigenvalue weighted by atomic mass is 10.2. The summed E-state index contributed by atoms with van der Waals surface area (Å²) in [5.74, 6) is -0.171. The van der Waals surface area contributed by atoms with E-state index in [4.69, 9.17) is 13.8 Å². The minimum atomic E-state index is -2.91. The van der Waals surface area contributed by atoms with Gasteiger partial charge in [0.05, 0.1) is 26.0 Å². The molecule has 108 valence electrons. The van der Waals surface area contributed by atoms with Crippen molar-refractivity contribution in [3.63, 3.8) is 0 Å². The highest BCUT2D eigenvalue weighted by molar-refractivity contribution is 7.53. The SMILES string of the molecule is CCOC(=O)CCCCCP(=O)(OCC)OCC.